The van der Waals surface area contributed by atoms with Gasteiger partial charge < -0.3 is 0 Å². The van der Waals surface area contributed by atoms with E-state index in [4.69, 9.17) is 0 Å². The lowest BCUT2D eigenvalue weighted by molar-refractivity contribution is 1.32. The highest BCUT2D eigenvalue weighted by atomic mass is 35.5. The maximum absolute atomic E-state index is 3.97. The average molecular weight is 218 g/mol. The molecule has 0 saturated carbocycles. The van der Waals surface area contributed by atoms with Crippen molar-refractivity contribution in [3.05, 3.63) is 66.0 Å². The number of benzene rings is 1. The fraction of sp³-hybridized carbons (Fsp3) is 0. The Hall–Kier alpha value is -1.60. The summed E-state index contributed by atoms with van der Waals surface area (Å²) < 4.78 is 0. The van der Waals surface area contributed by atoms with E-state index in [1.54, 1.807) is 12.4 Å². The first-order valence-corrected chi connectivity index (χ1v) is 4.58. The van der Waals surface area contributed by atoms with Crippen LogP contribution in [0.2, 0.25) is 0 Å². The summed E-state index contributed by atoms with van der Waals surface area (Å²) in [6.45, 7) is 0. The monoisotopic (exact) mass is 217 g/mol. The summed E-state index contributed by atoms with van der Waals surface area (Å²) in [7, 11) is 0. The molecule has 1 nitrogen and oxygen atoms in total. The smallest absolute Gasteiger partial charge is 0.0273 e. The van der Waals surface area contributed by atoms with E-state index in [-0.39, 0.29) is 12.4 Å². The van der Waals surface area contributed by atoms with Gasteiger partial charge in [-0.25, -0.2) is 0 Å². The first-order valence-electron chi connectivity index (χ1n) is 4.58. The Labute approximate surface area is 95.9 Å². The number of rotatable bonds is 2. The van der Waals surface area contributed by atoms with Crippen LogP contribution in [0, 0.1) is 0 Å². The molecule has 0 amide bonds. The van der Waals surface area contributed by atoms with Gasteiger partial charge in [0.05, 0.1) is 0 Å². The van der Waals surface area contributed by atoms with E-state index in [1.807, 2.05) is 30.3 Å². The SMILES string of the molecule is C(=C/c1ccncc1)/c1ccccc1.Cl. The lowest BCUT2D eigenvalue weighted by atomic mass is 10.2. The molecule has 0 saturated heterocycles. The number of aromatic nitrogens is 1. The van der Waals surface area contributed by atoms with Crippen LogP contribution < -0.4 is 0 Å². The molecule has 1 aromatic heterocycles. The van der Waals surface area contributed by atoms with Gasteiger partial charge in [0.1, 0.15) is 0 Å². The number of pyridine rings is 1. The van der Waals surface area contributed by atoms with Gasteiger partial charge in [0, 0.05) is 12.4 Å². The van der Waals surface area contributed by atoms with Gasteiger partial charge >= 0.3 is 0 Å². The van der Waals surface area contributed by atoms with Crippen LogP contribution in [-0.2, 0) is 0 Å². The van der Waals surface area contributed by atoms with E-state index in [0.717, 1.165) is 0 Å². The first-order chi connectivity index (χ1) is 6.95. The number of hydrogen-bond donors (Lipinski definition) is 0. The minimum absolute atomic E-state index is 0. The predicted octanol–water partition coefficient (Wildman–Crippen LogP) is 3.67. The predicted molar refractivity (Wildman–Crippen MR) is 66.9 cm³/mol. The molecule has 1 aromatic carbocycles. The highest BCUT2D eigenvalue weighted by molar-refractivity contribution is 5.85. The number of halogens is 1. The van der Waals surface area contributed by atoms with Crippen molar-refractivity contribution in [3.8, 4) is 0 Å². The van der Waals surface area contributed by atoms with Gasteiger partial charge in [-0.2, -0.15) is 0 Å². The van der Waals surface area contributed by atoms with E-state index in [9.17, 15) is 0 Å². The van der Waals surface area contributed by atoms with Crippen LogP contribution in [0.3, 0.4) is 0 Å². The number of hydrogen-bond acceptors (Lipinski definition) is 1. The second kappa shape index (κ2) is 5.99. The molecule has 0 unspecified atom stereocenters. The highest BCUT2D eigenvalue weighted by Gasteiger charge is 1.84. The van der Waals surface area contributed by atoms with Crippen molar-refractivity contribution >= 4 is 24.6 Å². The van der Waals surface area contributed by atoms with Crippen molar-refractivity contribution in [2.24, 2.45) is 0 Å². The summed E-state index contributed by atoms with van der Waals surface area (Å²) in [6.07, 6.45) is 7.77. The van der Waals surface area contributed by atoms with Gasteiger partial charge in [-0.05, 0) is 23.3 Å². The molecule has 0 aliphatic heterocycles. The molecule has 0 radical (unpaired) electrons. The van der Waals surface area contributed by atoms with Crippen LogP contribution >= 0.6 is 12.4 Å². The maximum atomic E-state index is 3.97. The Bertz CT molecular complexity index is 368. The summed E-state index contributed by atoms with van der Waals surface area (Å²) in [5, 5.41) is 0. The van der Waals surface area contributed by atoms with Crippen LogP contribution in [0.25, 0.3) is 12.2 Å². The molecule has 2 rings (SSSR count). The zero-order valence-electron chi connectivity index (χ0n) is 8.21. The van der Waals surface area contributed by atoms with E-state index < -0.39 is 0 Å². The van der Waals surface area contributed by atoms with E-state index in [0.29, 0.717) is 0 Å². The van der Waals surface area contributed by atoms with Crippen molar-refractivity contribution in [2.75, 3.05) is 0 Å². The molecule has 0 N–H and O–H groups in total. The fourth-order valence-corrected chi connectivity index (χ4v) is 1.23. The molecule has 1 heterocycles. The Kier molecular flexibility index (Phi) is 4.58. The minimum Gasteiger partial charge on any atom is -0.265 e. The van der Waals surface area contributed by atoms with Crippen LogP contribution in [0.4, 0.5) is 0 Å². The summed E-state index contributed by atoms with van der Waals surface area (Å²) in [6, 6.07) is 14.2. The molecule has 76 valence electrons. The van der Waals surface area contributed by atoms with Crippen molar-refractivity contribution in [3.63, 3.8) is 0 Å². The van der Waals surface area contributed by atoms with E-state index in [1.165, 1.54) is 11.1 Å². The van der Waals surface area contributed by atoms with E-state index >= 15 is 0 Å². The molecule has 15 heavy (non-hydrogen) atoms. The van der Waals surface area contributed by atoms with Gasteiger partial charge in [0.25, 0.3) is 0 Å². The fourth-order valence-electron chi connectivity index (χ4n) is 1.23. The second-order valence-electron chi connectivity index (χ2n) is 3.02. The minimum atomic E-state index is 0. The van der Waals surface area contributed by atoms with Crippen LogP contribution in [0.15, 0.2) is 54.9 Å². The Morgan fingerprint density at radius 2 is 1.27 bits per heavy atom. The topological polar surface area (TPSA) is 12.9 Å². The Morgan fingerprint density at radius 3 is 1.87 bits per heavy atom. The summed E-state index contributed by atoms with van der Waals surface area (Å²) in [5.74, 6) is 0. The third-order valence-corrected chi connectivity index (χ3v) is 1.97. The summed E-state index contributed by atoms with van der Waals surface area (Å²) in [5.41, 5.74) is 2.38. The summed E-state index contributed by atoms with van der Waals surface area (Å²) in [4.78, 5) is 3.97. The lowest BCUT2D eigenvalue weighted by Gasteiger charge is -1.92. The molecule has 0 spiro atoms. The molecule has 0 aliphatic rings. The Morgan fingerprint density at radius 1 is 0.733 bits per heavy atom. The standard InChI is InChI=1S/C13H11N.ClH/c1-2-4-12(5-3-1)6-7-13-8-10-14-11-9-13;/h1-11H;1H/b7-6-;. The molecule has 2 heteroatoms. The van der Waals surface area contributed by atoms with Crippen molar-refractivity contribution in [2.45, 2.75) is 0 Å². The quantitative estimate of drug-likeness (QED) is 0.748. The van der Waals surface area contributed by atoms with Crippen molar-refractivity contribution < 1.29 is 0 Å². The third kappa shape index (κ3) is 3.56. The van der Waals surface area contributed by atoms with Gasteiger partial charge in [0.15, 0.2) is 0 Å². The molecule has 2 aromatic rings. The first kappa shape index (κ1) is 11.5. The molecular formula is C13H12ClN. The Balaban J connectivity index is 0.00000112. The average Bonchev–Trinajstić information content (AvgIpc) is 2.29. The molecule has 0 aliphatic carbocycles. The van der Waals surface area contributed by atoms with Crippen molar-refractivity contribution in [1.82, 2.24) is 4.98 Å². The highest BCUT2D eigenvalue weighted by Crippen LogP contribution is 2.06. The van der Waals surface area contributed by atoms with Gasteiger partial charge in [0.2, 0.25) is 0 Å². The third-order valence-electron chi connectivity index (χ3n) is 1.97. The van der Waals surface area contributed by atoms with E-state index in [2.05, 4.69) is 29.3 Å². The molecule has 0 fully saturated rings. The molecule has 0 atom stereocenters. The summed E-state index contributed by atoms with van der Waals surface area (Å²) >= 11 is 0. The largest absolute Gasteiger partial charge is 0.265 e. The number of nitrogens with zero attached hydrogens (tertiary/aromatic N) is 1. The second-order valence-corrected chi connectivity index (χ2v) is 3.02. The zero-order valence-corrected chi connectivity index (χ0v) is 9.02. The van der Waals surface area contributed by atoms with Gasteiger partial charge in [-0.15, -0.1) is 12.4 Å². The zero-order chi connectivity index (χ0) is 9.64. The molecule has 0 bridgehead atoms. The lowest BCUT2D eigenvalue weighted by Crippen LogP contribution is -1.73. The van der Waals surface area contributed by atoms with Gasteiger partial charge in [-0.3, -0.25) is 4.98 Å². The maximum Gasteiger partial charge on any atom is 0.0273 e. The van der Waals surface area contributed by atoms with Crippen molar-refractivity contribution in [1.29, 1.82) is 0 Å². The molecular weight excluding hydrogens is 206 g/mol. The van der Waals surface area contributed by atoms with Gasteiger partial charge in [-0.1, -0.05) is 42.5 Å². The van der Waals surface area contributed by atoms with Crippen LogP contribution in [0.1, 0.15) is 11.1 Å². The normalized spacial score (nSPS) is 9.87. The van der Waals surface area contributed by atoms with Crippen LogP contribution in [0.5, 0.6) is 0 Å². The van der Waals surface area contributed by atoms with Crippen LogP contribution in [-0.4, -0.2) is 4.98 Å².